The van der Waals surface area contributed by atoms with Crippen molar-refractivity contribution in [3.8, 4) is 11.5 Å². The molecule has 0 fully saturated rings. The van der Waals surface area contributed by atoms with Crippen LogP contribution in [0.2, 0.25) is 0 Å². The zero-order valence-electron chi connectivity index (χ0n) is 14.5. The Balaban J connectivity index is 2.08. The third kappa shape index (κ3) is 5.18. The molecule has 4 nitrogen and oxygen atoms in total. The van der Waals surface area contributed by atoms with E-state index >= 15 is 0 Å². The van der Waals surface area contributed by atoms with E-state index in [4.69, 9.17) is 18.9 Å². The molecule has 22 heavy (non-hydrogen) atoms. The molecule has 0 saturated carbocycles. The van der Waals surface area contributed by atoms with Crippen LogP contribution in [0.25, 0.3) is 0 Å². The van der Waals surface area contributed by atoms with Crippen LogP contribution in [0.3, 0.4) is 0 Å². The number of fused-ring (bicyclic) bond motifs is 1. The minimum atomic E-state index is -0.213. The monoisotopic (exact) mass is 308 g/mol. The van der Waals surface area contributed by atoms with Gasteiger partial charge in [-0.2, -0.15) is 0 Å². The van der Waals surface area contributed by atoms with Crippen molar-refractivity contribution in [2.45, 2.75) is 65.0 Å². The zero-order valence-corrected chi connectivity index (χ0v) is 14.5. The molecule has 0 N–H and O–H groups in total. The Morgan fingerprint density at radius 2 is 1.14 bits per heavy atom. The van der Waals surface area contributed by atoms with Gasteiger partial charge in [-0.1, -0.05) is 12.1 Å². The molecule has 0 aliphatic carbocycles. The minimum absolute atomic E-state index is 0.184. The van der Waals surface area contributed by atoms with Crippen LogP contribution in [-0.4, -0.2) is 36.6 Å². The van der Waals surface area contributed by atoms with E-state index in [1.807, 2.05) is 65.8 Å². The third-order valence-electron chi connectivity index (χ3n) is 3.18. The molecule has 1 aromatic carbocycles. The molecule has 124 valence electrons. The van der Waals surface area contributed by atoms with Crippen LogP contribution in [0.15, 0.2) is 24.3 Å². The van der Waals surface area contributed by atoms with E-state index < -0.39 is 0 Å². The van der Waals surface area contributed by atoms with Gasteiger partial charge in [0.25, 0.3) is 0 Å². The highest BCUT2D eigenvalue weighted by Crippen LogP contribution is 2.34. The first-order valence-electron chi connectivity index (χ1n) is 7.84. The molecule has 1 aromatic rings. The lowest BCUT2D eigenvalue weighted by Crippen LogP contribution is -2.48. The summed E-state index contributed by atoms with van der Waals surface area (Å²) in [6.07, 6.45) is -0.368. The number of hydrogen-bond acceptors (Lipinski definition) is 4. The summed E-state index contributed by atoms with van der Waals surface area (Å²) in [5.41, 5.74) is -0.425. The number of hydrogen-bond donors (Lipinski definition) is 0. The Morgan fingerprint density at radius 1 is 0.773 bits per heavy atom. The molecule has 1 aliphatic heterocycles. The van der Waals surface area contributed by atoms with Crippen molar-refractivity contribution in [2.24, 2.45) is 0 Å². The number of para-hydroxylation sites is 2. The molecule has 0 unspecified atom stereocenters. The first kappa shape index (κ1) is 17.1. The molecule has 1 heterocycles. The average Bonchev–Trinajstić information content (AvgIpc) is 2.40. The second-order valence-corrected chi connectivity index (χ2v) is 7.61. The SMILES string of the molecule is CC(C)(C)OC[C@@H]1Oc2ccccc2O[C@H]1COC(C)(C)C. The summed E-state index contributed by atoms with van der Waals surface area (Å²) < 4.78 is 23.9. The third-order valence-corrected chi connectivity index (χ3v) is 3.18. The predicted octanol–water partition coefficient (Wildman–Crippen LogP) is 3.83. The molecule has 0 saturated heterocycles. The van der Waals surface area contributed by atoms with Crippen LogP contribution < -0.4 is 9.47 Å². The van der Waals surface area contributed by atoms with Crippen LogP contribution in [0.5, 0.6) is 11.5 Å². The van der Waals surface area contributed by atoms with Gasteiger partial charge in [0.1, 0.15) is 0 Å². The van der Waals surface area contributed by atoms with E-state index in [1.165, 1.54) is 0 Å². The van der Waals surface area contributed by atoms with Gasteiger partial charge in [-0.25, -0.2) is 0 Å². The van der Waals surface area contributed by atoms with Crippen molar-refractivity contribution in [1.82, 2.24) is 0 Å². The average molecular weight is 308 g/mol. The van der Waals surface area contributed by atoms with Crippen LogP contribution in [0.4, 0.5) is 0 Å². The molecule has 4 heteroatoms. The Morgan fingerprint density at radius 3 is 1.45 bits per heavy atom. The first-order chi connectivity index (χ1) is 10.1. The minimum Gasteiger partial charge on any atom is -0.480 e. The Hall–Kier alpha value is -1.26. The highest BCUT2D eigenvalue weighted by molar-refractivity contribution is 5.41. The lowest BCUT2D eigenvalue weighted by Gasteiger charge is -2.36. The van der Waals surface area contributed by atoms with E-state index in [-0.39, 0.29) is 23.4 Å². The van der Waals surface area contributed by atoms with Crippen molar-refractivity contribution >= 4 is 0 Å². The van der Waals surface area contributed by atoms with Crippen LogP contribution in [0, 0.1) is 0 Å². The normalized spacial score (nSPS) is 21.7. The predicted molar refractivity (Wildman–Crippen MR) is 86.7 cm³/mol. The Labute approximate surface area is 133 Å². The standard InChI is InChI=1S/C18H28O4/c1-17(2,3)19-11-15-16(12-20-18(4,5)6)22-14-10-8-7-9-13(14)21-15/h7-10,15-16H,11-12H2,1-6H3/t15-,16-/m0/s1. The Kier molecular flexibility index (Phi) is 5.03. The van der Waals surface area contributed by atoms with Gasteiger partial charge in [-0.15, -0.1) is 0 Å². The van der Waals surface area contributed by atoms with Gasteiger partial charge in [0.05, 0.1) is 24.4 Å². The van der Waals surface area contributed by atoms with E-state index in [0.29, 0.717) is 13.2 Å². The summed E-state index contributed by atoms with van der Waals surface area (Å²) in [4.78, 5) is 0. The molecule has 0 radical (unpaired) electrons. The maximum atomic E-state index is 6.08. The van der Waals surface area contributed by atoms with Crippen molar-refractivity contribution in [3.05, 3.63) is 24.3 Å². The fourth-order valence-corrected chi connectivity index (χ4v) is 2.07. The molecular formula is C18H28O4. The smallest absolute Gasteiger partial charge is 0.161 e. The van der Waals surface area contributed by atoms with Gasteiger partial charge in [0.15, 0.2) is 23.7 Å². The van der Waals surface area contributed by atoms with Gasteiger partial charge < -0.3 is 18.9 Å². The summed E-state index contributed by atoms with van der Waals surface area (Å²) in [5.74, 6) is 1.52. The molecule has 1 aliphatic rings. The maximum absolute atomic E-state index is 6.08. The van der Waals surface area contributed by atoms with Crippen molar-refractivity contribution in [3.63, 3.8) is 0 Å². The summed E-state index contributed by atoms with van der Waals surface area (Å²) in [6.45, 7) is 13.1. The second kappa shape index (κ2) is 6.47. The van der Waals surface area contributed by atoms with Gasteiger partial charge in [-0.3, -0.25) is 0 Å². The topological polar surface area (TPSA) is 36.9 Å². The molecule has 2 atom stereocenters. The summed E-state index contributed by atoms with van der Waals surface area (Å²) in [6, 6.07) is 7.71. The first-order valence-corrected chi connectivity index (χ1v) is 7.84. The summed E-state index contributed by atoms with van der Waals surface area (Å²) in [7, 11) is 0. The van der Waals surface area contributed by atoms with E-state index in [9.17, 15) is 0 Å². The molecule has 0 bridgehead atoms. The molecule has 0 amide bonds. The molecule has 0 spiro atoms. The van der Waals surface area contributed by atoms with Crippen molar-refractivity contribution < 1.29 is 18.9 Å². The van der Waals surface area contributed by atoms with Crippen molar-refractivity contribution in [1.29, 1.82) is 0 Å². The lowest BCUT2D eigenvalue weighted by molar-refractivity contribution is -0.116. The van der Waals surface area contributed by atoms with Gasteiger partial charge in [-0.05, 0) is 53.7 Å². The number of ether oxygens (including phenoxy) is 4. The highest BCUT2D eigenvalue weighted by atomic mass is 16.6. The van der Waals surface area contributed by atoms with Gasteiger partial charge >= 0.3 is 0 Å². The van der Waals surface area contributed by atoms with E-state index in [1.54, 1.807) is 0 Å². The van der Waals surface area contributed by atoms with E-state index in [0.717, 1.165) is 11.5 Å². The maximum Gasteiger partial charge on any atom is 0.161 e. The number of rotatable bonds is 4. The van der Waals surface area contributed by atoms with Gasteiger partial charge in [0, 0.05) is 0 Å². The Bertz CT molecular complexity index is 440. The lowest BCUT2D eigenvalue weighted by atomic mass is 10.1. The molecule has 0 aromatic heterocycles. The molecule has 2 rings (SSSR count). The van der Waals surface area contributed by atoms with Crippen LogP contribution in [0.1, 0.15) is 41.5 Å². The summed E-state index contributed by atoms with van der Waals surface area (Å²) >= 11 is 0. The van der Waals surface area contributed by atoms with Crippen LogP contribution >= 0.6 is 0 Å². The fraction of sp³-hybridized carbons (Fsp3) is 0.667. The van der Waals surface area contributed by atoms with Crippen molar-refractivity contribution in [2.75, 3.05) is 13.2 Å². The summed E-state index contributed by atoms with van der Waals surface area (Å²) in [5, 5.41) is 0. The molecular weight excluding hydrogens is 280 g/mol. The van der Waals surface area contributed by atoms with E-state index in [2.05, 4.69) is 0 Å². The van der Waals surface area contributed by atoms with Gasteiger partial charge in [0.2, 0.25) is 0 Å². The second-order valence-electron chi connectivity index (χ2n) is 7.61. The zero-order chi connectivity index (χ0) is 16.4. The fourth-order valence-electron chi connectivity index (χ4n) is 2.07. The van der Waals surface area contributed by atoms with Crippen LogP contribution in [-0.2, 0) is 9.47 Å². The quantitative estimate of drug-likeness (QED) is 0.847. The highest BCUT2D eigenvalue weighted by Gasteiger charge is 2.34. The number of benzene rings is 1. The largest absolute Gasteiger partial charge is 0.480 e.